The summed E-state index contributed by atoms with van der Waals surface area (Å²) in [4.78, 5) is 4.44. The molecule has 0 amide bonds. The van der Waals surface area contributed by atoms with Crippen LogP contribution in [0.25, 0.3) is 16.5 Å². The zero-order valence-electron chi connectivity index (χ0n) is 12.3. The van der Waals surface area contributed by atoms with Gasteiger partial charge in [-0.25, -0.2) is 0 Å². The summed E-state index contributed by atoms with van der Waals surface area (Å²) in [5.41, 5.74) is 4.91. The number of hydrogen-bond acceptors (Lipinski definition) is 3. The van der Waals surface area contributed by atoms with Gasteiger partial charge in [-0.1, -0.05) is 59.8 Å². The fourth-order valence-corrected chi connectivity index (χ4v) is 2.53. The van der Waals surface area contributed by atoms with Crippen molar-refractivity contribution in [3.63, 3.8) is 0 Å². The third-order valence-corrected chi connectivity index (χ3v) is 3.61. The van der Waals surface area contributed by atoms with E-state index in [2.05, 4.69) is 16.7 Å². The van der Waals surface area contributed by atoms with Crippen molar-refractivity contribution in [1.29, 1.82) is 0 Å². The molecule has 108 valence electrons. The predicted molar refractivity (Wildman–Crippen MR) is 90.3 cm³/mol. The van der Waals surface area contributed by atoms with Crippen molar-refractivity contribution in [2.45, 2.75) is 6.92 Å². The number of allylic oxidation sites excluding steroid dienone is 1. The Morgan fingerprint density at radius 2 is 1.73 bits per heavy atom. The van der Waals surface area contributed by atoms with E-state index in [1.807, 2.05) is 61.5 Å². The van der Waals surface area contributed by atoms with Crippen LogP contribution in [0.3, 0.4) is 0 Å². The molecule has 3 aromatic rings. The third-order valence-electron chi connectivity index (χ3n) is 3.61. The first-order chi connectivity index (χ1) is 10.7. The van der Waals surface area contributed by atoms with Crippen molar-refractivity contribution in [2.24, 2.45) is 5.16 Å². The first-order valence-electron chi connectivity index (χ1n) is 7.03. The molecule has 0 bridgehead atoms. The van der Waals surface area contributed by atoms with Gasteiger partial charge in [-0.2, -0.15) is 0 Å². The van der Waals surface area contributed by atoms with Gasteiger partial charge in [0.25, 0.3) is 0 Å². The minimum Gasteiger partial charge on any atom is -0.410 e. The van der Waals surface area contributed by atoms with Crippen LogP contribution in [0.2, 0.25) is 0 Å². The lowest BCUT2D eigenvalue weighted by Gasteiger charge is -2.11. The molecule has 1 heterocycles. The van der Waals surface area contributed by atoms with E-state index in [1.54, 1.807) is 6.20 Å². The highest BCUT2D eigenvalue weighted by atomic mass is 16.4. The maximum atomic E-state index is 9.54. The number of para-hydroxylation sites is 1. The summed E-state index contributed by atoms with van der Waals surface area (Å²) >= 11 is 0. The molecule has 3 nitrogen and oxygen atoms in total. The van der Waals surface area contributed by atoms with Crippen LogP contribution < -0.4 is 0 Å². The van der Waals surface area contributed by atoms with E-state index in [0.29, 0.717) is 5.71 Å². The Labute approximate surface area is 129 Å². The molecule has 0 atom stereocenters. The van der Waals surface area contributed by atoms with Crippen LogP contribution in [0.4, 0.5) is 0 Å². The summed E-state index contributed by atoms with van der Waals surface area (Å²) in [6.07, 6.45) is 1.73. The number of benzene rings is 2. The molecule has 1 aromatic heterocycles. The van der Waals surface area contributed by atoms with Crippen molar-refractivity contribution < 1.29 is 5.21 Å². The van der Waals surface area contributed by atoms with Crippen LogP contribution in [0, 0.1) is 0 Å². The summed E-state index contributed by atoms with van der Waals surface area (Å²) in [7, 11) is 0. The molecule has 0 saturated heterocycles. The number of hydrogen-bond donors (Lipinski definition) is 1. The Morgan fingerprint density at radius 1 is 1.05 bits per heavy atom. The highest BCUT2D eigenvalue weighted by molar-refractivity contribution is 6.15. The summed E-state index contributed by atoms with van der Waals surface area (Å²) in [6, 6.07) is 17.6. The largest absolute Gasteiger partial charge is 0.410 e. The average Bonchev–Trinajstić information content (AvgIpc) is 2.56. The lowest BCUT2D eigenvalue weighted by Crippen LogP contribution is -2.07. The molecule has 0 radical (unpaired) electrons. The number of nitrogens with zero attached hydrogens (tertiary/aromatic N) is 2. The van der Waals surface area contributed by atoms with Gasteiger partial charge in [0.15, 0.2) is 0 Å². The molecule has 0 saturated carbocycles. The second-order valence-corrected chi connectivity index (χ2v) is 5.19. The summed E-state index contributed by atoms with van der Waals surface area (Å²) in [5.74, 6) is 0. The minimum atomic E-state index is 0.497. The molecule has 2 aromatic carbocycles. The molecule has 3 rings (SSSR count). The first kappa shape index (κ1) is 14.0. The molecule has 0 aliphatic rings. The van der Waals surface area contributed by atoms with E-state index >= 15 is 0 Å². The first-order valence-corrected chi connectivity index (χ1v) is 7.03. The highest BCUT2D eigenvalue weighted by Crippen LogP contribution is 2.22. The van der Waals surface area contributed by atoms with Crippen LogP contribution in [0.1, 0.15) is 23.6 Å². The number of pyridine rings is 1. The summed E-state index contributed by atoms with van der Waals surface area (Å²) in [5, 5.41) is 14.1. The van der Waals surface area contributed by atoms with Crippen LogP contribution in [-0.4, -0.2) is 15.9 Å². The van der Waals surface area contributed by atoms with E-state index in [0.717, 1.165) is 33.2 Å². The molecular formula is C19H16N2O. The molecule has 0 unspecified atom stereocenters. The second kappa shape index (κ2) is 5.82. The van der Waals surface area contributed by atoms with Gasteiger partial charge in [0, 0.05) is 22.7 Å². The van der Waals surface area contributed by atoms with Gasteiger partial charge in [-0.15, -0.1) is 0 Å². The number of aromatic nitrogens is 1. The van der Waals surface area contributed by atoms with Crippen LogP contribution in [-0.2, 0) is 0 Å². The number of fused-ring (bicyclic) bond motifs is 1. The van der Waals surface area contributed by atoms with Crippen LogP contribution >= 0.6 is 0 Å². The Kier molecular flexibility index (Phi) is 3.71. The average molecular weight is 288 g/mol. The lowest BCUT2D eigenvalue weighted by atomic mass is 9.94. The monoisotopic (exact) mass is 288 g/mol. The van der Waals surface area contributed by atoms with Crippen LogP contribution in [0.15, 0.2) is 72.5 Å². The van der Waals surface area contributed by atoms with Gasteiger partial charge in [-0.05, 0) is 24.6 Å². The smallest absolute Gasteiger partial charge is 0.119 e. The molecule has 3 heteroatoms. The fraction of sp³-hybridized carbons (Fsp3) is 0.0526. The third kappa shape index (κ3) is 2.49. The summed E-state index contributed by atoms with van der Waals surface area (Å²) in [6.45, 7) is 5.93. The Morgan fingerprint density at radius 3 is 2.45 bits per heavy atom. The number of oxime groups is 1. The lowest BCUT2D eigenvalue weighted by molar-refractivity contribution is 0.319. The maximum absolute atomic E-state index is 9.54. The summed E-state index contributed by atoms with van der Waals surface area (Å²) < 4.78 is 0. The van der Waals surface area contributed by atoms with Gasteiger partial charge in [0.2, 0.25) is 0 Å². The normalized spacial score (nSPS) is 11.6. The number of rotatable bonds is 3. The highest BCUT2D eigenvalue weighted by Gasteiger charge is 2.13. The van der Waals surface area contributed by atoms with Crippen molar-refractivity contribution in [2.75, 3.05) is 0 Å². The van der Waals surface area contributed by atoms with Crippen molar-refractivity contribution in [1.82, 2.24) is 4.98 Å². The topological polar surface area (TPSA) is 45.5 Å². The Bertz CT molecular complexity index is 881. The Hall–Kier alpha value is -2.94. The molecule has 0 fully saturated rings. The van der Waals surface area contributed by atoms with Crippen molar-refractivity contribution in [3.8, 4) is 0 Å². The Balaban J connectivity index is 2.17. The van der Waals surface area contributed by atoms with Gasteiger partial charge in [0.05, 0.1) is 5.52 Å². The maximum Gasteiger partial charge on any atom is 0.119 e. The quantitative estimate of drug-likeness (QED) is 0.438. The fourth-order valence-electron chi connectivity index (χ4n) is 2.53. The van der Waals surface area contributed by atoms with Gasteiger partial charge in [0.1, 0.15) is 5.71 Å². The SMILES string of the molecule is C=C(C)c1ccccc1C(=NO)c1cnc2ccccc2c1. The van der Waals surface area contributed by atoms with Crippen molar-refractivity contribution >= 4 is 22.2 Å². The van der Waals surface area contributed by atoms with E-state index < -0.39 is 0 Å². The van der Waals surface area contributed by atoms with E-state index in [-0.39, 0.29) is 0 Å². The molecule has 0 aliphatic carbocycles. The predicted octanol–water partition coefficient (Wildman–Crippen LogP) is 4.49. The molecule has 0 spiro atoms. The van der Waals surface area contributed by atoms with Crippen LogP contribution in [0.5, 0.6) is 0 Å². The van der Waals surface area contributed by atoms with Gasteiger partial charge in [-0.3, -0.25) is 4.98 Å². The second-order valence-electron chi connectivity index (χ2n) is 5.19. The minimum absolute atomic E-state index is 0.497. The molecule has 0 aliphatic heterocycles. The van der Waals surface area contributed by atoms with E-state index in [4.69, 9.17) is 0 Å². The zero-order chi connectivity index (χ0) is 15.5. The molecule has 22 heavy (non-hydrogen) atoms. The van der Waals surface area contributed by atoms with Gasteiger partial charge < -0.3 is 5.21 Å². The van der Waals surface area contributed by atoms with Crippen molar-refractivity contribution in [3.05, 3.63) is 84.1 Å². The van der Waals surface area contributed by atoms with Gasteiger partial charge >= 0.3 is 0 Å². The van der Waals surface area contributed by atoms with E-state index in [1.165, 1.54) is 0 Å². The van der Waals surface area contributed by atoms with E-state index in [9.17, 15) is 5.21 Å². The standard InChI is InChI=1S/C19H16N2O/c1-13(2)16-8-4-5-9-17(16)19(21-22)15-11-14-7-3-6-10-18(14)20-12-15/h3-12,22H,1H2,2H3. The molecular weight excluding hydrogens is 272 g/mol. The zero-order valence-corrected chi connectivity index (χ0v) is 12.3. The molecule has 1 N–H and O–H groups in total.